The van der Waals surface area contributed by atoms with Gasteiger partial charge in [-0.15, -0.1) is 11.6 Å². The minimum absolute atomic E-state index is 0.199. The molecule has 1 heterocycles. The van der Waals surface area contributed by atoms with Gasteiger partial charge in [-0.1, -0.05) is 19.3 Å². The van der Waals surface area contributed by atoms with Gasteiger partial charge in [0.25, 0.3) is 0 Å². The van der Waals surface area contributed by atoms with Crippen molar-refractivity contribution in [3.63, 3.8) is 0 Å². The predicted octanol–water partition coefficient (Wildman–Crippen LogP) is 3.91. The van der Waals surface area contributed by atoms with Gasteiger partial charge in [-0.05, 0) is 12.8 Å². The number of halogens is 4. The number of alkyl halides is 4. The number of aromatic nitrogens is 2. The molecule has 1 aromatic rings. The Kier molecular flexibility index (Phi) is 4.01. The van der Waals surface area contributed by atoms with Crippen LogP contribution in [0.5, 0.6) is 0 Å². The van der Waals surface area contributed by atoms with Crippen molar-refractivity contribution in [2.75, 3.05) is 11.2 Å². The fraction of sp³-hybridized carbons (Fsp3) is 0.800. The van der Waals surface area contributed by atoms with Crippen LogP contribution >= 0.6 is 23.1 Å². The normalized spacial score (nSPS) is 19.8. The van der Waals surface area contributed by atoms with Gasteiger partial charge in [0.1, 0.15) is 0 Å². The van der Waals surface area contributed by atoms with Gasteiger partial charge in [0, 0.05) is 17.4 Å². The number of hydrogen-bond donors (Lipinski definition) is 1. The van der Waals surface area contributed by atoms with Crippen LogP contribution in [-0.2, 0) is 6.18 Å². The van der Waals surface area contributed by atoms with Crippen LogP contribution in [-0.4, -0.2) is 20.8 Å². The Morgan fingerprint density at radius 3 is 2.44 bits per heavy atom. The Labute approximate surface area is 112 Å². The van der Waals surface area contributed by atoms with E-state index in [1.165, 1.54) is 0 Å². The second-order valence-electron chi connectivity index (χ2n) is 4.52. The quantitative estimate of drug-likeness (QED) is 0.860. The van der Waals surface area contributed by atoms with Gasteiger partial charge >= 0.3 is 6.18 Å². The molecule has 0 aromatic carbocycles. The lowest BCUT2D eigenvalue weighted by Gasteiger charge is -2.36. The van der Waals surface area contributed by atoms with Crippen LogP contribution in [0, 0.1) is 0 Å². The monoisotopic (exact) mass is 299 g/mol. The second kappa shape index (κ2) is 5.21. The summed E-state index contributed by atoms with van der Waals surface area (Å²) in [6.45, 7) is 0. The van der Waals surface area contributed by atoms with E-state index in [1.54, 1.807) is 0 Å². The van der Waals surface area contributed by atoms with Crippen molar-refractivity contribution in [3.8, 4) is 0 Å². The minimum atomic E-state index is -4.49. The lowest BCUT2D eigenvalue weighted by molar-refractivity contribution is -0.144. The van der Waals surface area contributed by atoms with E-state index in [-0.39, 0.29) is 10.7 Å². The van der Waals surface area contributed by atoms with Crippen molar-refractivity contribution >= 4 is 28.3 Å². The molecule has 1 aromatic heterocycles. The molecule has 18 heavy (non-hydrogen) atoms. The first-order valence-corrected chi connectivity index (χ1v) is 7.01. The molecule has 0 amide bonds. The lowest BCUT2D eigenvalue weighted by Crippen LogP contribution is -2.42. The lowest BCUT2D eigenvalue weighted by atomic mass is 9.83. The van der Waals surface area contributed by atoms with E-state index < -0.39 is 12.0 Å². The third-order valence-electron chi connectivity index (χ3n) is 3.12. The van der Waals surface area contributed by atoms with Crippen LogP contribution in [0.3, 0.4) is 0 Å². The average molecular weight is 300 g/mol. The average Bonchev–Trinajstić information content (AvgIpc) is 2.78. The molecule has 1 aliphatic carbocycles. The number of hydrogen-bond acceptors (Lipinski definition) is 4. The molecule has 2 rings (SSSR count). The van der Waals surface area contributed by atoms with Crippen LogP contribution in [0.4, 0.5) is 18.3 Å². The van der Waals surface area contributed by atoms with Gasteiger partial charge in [0.2, 0.25) is 11.0 Å². The van der Waals surface area contributed by atoms with Crippen LogP contribution in [0.2, 0.25) is 0 Å². The first-order valence-electron chi connectivity index (χ1n) is 5.70. The van der Waals surface area contributed by atoms with E-state index in [9.17, 15) is 13.2 Å². The van der Waals surface area contributed by atoms with E-state index in [1.807, 2.05) is 0 Å². The summed E-state index contributed by atoms with van der Waals surface area (Å²) in [5.41, 5.74) is -0.331. The highest BCUT2D eigenvalue weighted by Crippen LogP contribution is 2.35. The Balaban J connectivity index is 2.10. The van der Waals surface area contributed by atoms with Gasteiger partial charge in [-0.3, -0.25) is 0 Å². The Bertz CT molecular complexity index is 401. The fourth-order valence-corrected chi connectivity index (χ4v) is 3.18. The van der Waals surface area contributed by atoms with Crippen molar-refractivity contribution in [3.05, 3.63) is 5.82 Å². The summed E-state index contributed by atoms with van der Waals surface area (Å²) in [7, 11) is 0. The third kappa shape index (κ3) is 3.06. The third-order valence-corrected chi connectivity index (χ3v) is 4.26. The summed E-state index contributed by atoms with van der Waals surface area (Å²) in [5, 5.41) is 3.25. The zero-order chi connectivity index (χ0) is 13.2. The number of rotatable bonds is 3. The SMILES string of the molecule is FC(F)(F)c1nsc(NC2(CCl)CCCCC2)n1. The number of nitrogens with one attached hydrogen (secondary N) is 1. The molecular formula is C10H13ClF3N3S. The maximum Gasteiger partial charge on any atom is 0.452 e. The minimum Gasteiger partial charge on any atom is -0.354 e. The van der Waals surface area contributed by atoms with Gasteiger partial charge in [-0.25, -0.2) is 0 Å². The number of anilines is 1. The van der Waals surface area contributed by atoms with Crippen molar-refractivity contribution in [2.45, 2.75) is 43.8 Å². The molecule has 102 valence electrons. The van der Waals surface area contributed by atoms with Crippen molar-refractivity contribution in [1.82, 2.24) is 9.36 Å². The van der Waals surface area contributed by atoms with Crippen LogP contribution in [0.25, 0.3) is 0 Å². The fourth-order valence-electron chi connectivity index (χ4n) is 2.14. The molecule has 0 bridgehead atoms. The molecule has 3 nitrogen and oxygen atoms in total. The van der Waals surface area contributed by atoms with Crippen molar-refractivity contribution < 1.29 is 13.2 Å². The molecule has 1 N–H and O–H groups in total. The van der Waals surface area contributed by atoms with Gasteiger partial charge in [-0.2, -0.15) is 22.5 Å². The smallest absolute Gasteiger partial charge is 0.354 e. The van der Waals surface area contributed by atoms with Crippen LogP contribution in [0.15, 0.2) is 0 Å². The molecule has 0 radical (unpaired) electrons. The molecule has 1 aliphatic rings. The topological polar surface area (TPSA) is 37.8 Å². The van der Waals surface area contributed by atoms with E-state index in [4.69, 9.17) is 11.6 Å². The summed E-state index contributed by atoms with van der Waals surface area (Å²) >= 11 is 6.69. The summed E-state index contributed by atoms with van der Waals surface area (Å²) in [4.78, 5) is 3.48. The second-order valence-corrected chi connectivity index (χ2v) is 5.54. The van der Waals surface area contributed by atoms with E-state index in [2.05, 4.69) is 14.7 Å². The first kappa shape index (κ1) is 13.9. The molecule has 1 fully saturated rings. The van der Waals surface area contributed by atoms with E-state index in [0.29, 0.717) is 5.88 Å². The predicted molar refractivity (Wildman–Crippen MR) is 65.1 cm³/mol. The molecule has 0 spiro atoms. The van der Waals surface area contributed by atoms with Crippen molar-refractivity contribution in [1.29, 1.82) is 0 Å². The Morgan fingerprint density at radius 2 is 1.94 bits per heavy atom. The molecule has 8 heteroatoms. The van der Waals surface area contributed by atoms with E-state index in [0.717, 1.165) is 43.6 Å². The zero-order valence-electron chi connectivity index (χ0n) is 9.56. The maximum absolute atomic E-state index is 12.4. The molecule has 0 saturated heterocycles. The zero-order valence-corrected chi connectivity index (χ0v) is 11.1. The maximum atomic E-state index is 12.4. The molecule has 0 aliphatic heterocycles. The van der Waals surface area contributed by atoms with Crippen molar-refractivity contribution in [2.24, 2.45) is 0 Å². The number of nitrogens with zero attached hydrogens (tertiary/aromatic N) is 2. The molecule has 1 saturated carbocycles. The summed E-state index contributed by atoms with van der Waals surface area (Å²) < 4.78 is 40.5. The Morgan fingerprint density at radius 1 is 1.28 bits per heavy atom. The van der Waals surface area contributed by atoms with Crippen LogP contribution < -0.4 is 5.32 Å². The first-order chi connectivity index (χ1) is 8.45. The summed E-state index contributed by atoms with van der Waals surface area (Å²) in [5.74, 6) is -0.718. The highest BCUT2D eigenvalue weighted by molar-refractivity contribution is 7.09. The molecule has 0 atom stereocenters. The van der Waals surface area contributed by atoms with Gasteiger partial charge in [0.05, 0.1) is 5.54 Å². The molecular weight excluding hydrogens is 287 g/mol. The van der Waals surface area contributed by atoms with Gasteiger partial charge in [0.15, 0.2) is 0 Å². The van der Waals surface area contributed by atoms with Crippen LogP contribution in [0.1, 0.15) is 37.9 Å². The largest absolute Gasteiger partial charge is 0.452 e. The summed E-state index contributed by atoms with van der Waals surface area (Å²) in [6.07, 6.45) is 0.436. The standard InChI is InChI=1S/C10H13ClF3N3S/c11-6-9(4-2-1-3-5-9)16-8-15-7(17-18-8)10(12,13)14/h1-6H2,(H,15,16,17). The Hall–Kier alpha value is -0.560. The van der Waals surface area contributed by atoms with Gasteiger partial charge < -0.3 is 5.32 Å². The van der Waals surface area contributed by atoms with E-state index >= 15 is 0 Å². The highest BCUT2D eigenvalue weighted by Gasteiger charge is 2.37. The molecule has 0 unspecified atom stereocenters. The summed E-state index contributed by atoms with van der Waals surface area (Å²) in [6, 6.07) is 0. The highest BCUT2D eigenvalue weighted by atomic mass is 35.5.